The topological polar surface area (TPSA) is 40.5 Å². The average Bonchev–Trinajstić information content (AvgIpc) is 2.36. The number of aryl methyl sites for hydroxylation is 1. The highest BCUT2D eigenvalue weighted by Crippen LogP contribution is 2.24. The van der Waals surface area contributed by atoms with Crippen LogP contribution in [0.4, 0.5) is 4.39 Å². The molecule has 2 rings (SSSR count). The van der Waals surface area contributed by atoms with Crippen LogP contribution >= 0.6 is 0 Å². The summed E-state index contributed by atoms with van der Waals surface area (Å²) in [5.74, 6) is -1.29. The van der Waals surface area contributed by atoms with Crippen LogP contribution in [0.2, 0.25) is 0 Å². The van der Waals surface area contributed by atoms with Crippen molar-refractivity contribution in [2.75, 3.05) is 6.54 Å². The molecule has 0 bridgehead atoms. The Bertz CT molecular complexity index is 475. The summed E-state index contributed by atoms with van der Waals surface area (Å²) in [5.41, 5.74) is 1.67. The minimum atomic E-state index is -0.749. The number of aliphatic carboxylic acids is 1. The van der Waals surface area contributed by atoms with Crippen molar-refractivity contribution >= 4 is 5.97 Å². The molecule has 0 radical (unpaired) electrons. The Morgan fingerprint density at radius 2 is 2.21 bits per heavy atom. The van der Waals surface area contributed by atoms with Crippen molar-refractivity contribution in [1.82, 2.24) is 4.90 Å². The molecule has 0 aliphatic carbocycles. The molecule has 0 amide bonds. The molecule has 0 spiro atoms. The lowest BCUT2D eigenvalue weighted by Crippen LogP contribution is -2.43. The van der Waals surface area contributed by atoms with E-state index in [4.69, 9.17) is 5.11 Å². The number of nitrogens with zero attached hydrogens (tertiary/aromatic N) is 1. The summed E-state index contributed by atoms with van der Waals surface area (Å²) >= 11 is 0. The van der Waals surface area contributed by atoms with Gasteiger partial charge in [-0.3, -0.25) is 9.69 Å². The molecule has 4 heteroatoms. The first-order valence-electron chi connectivity index (χ1n) is 6.69. The van der Waals surface area contributed by atoms with Crippen molar-refractivity contribution in [2.45, 2.75) is 39.3 Å². The van der Waals surface area contributed by atoms with Crippen molar-refractivity contribution < 1.29 is 14.3 Å². The Morgan fingerprint density at radius 1 is 1.47 bits per heavy atom. The standard InChI is InChI=1S/C15H20FNO2/c1-10-3-6-14(16)13(7-10)9-17-8-12(15(18)19)5-4-11(17)2/h3,6-7,11-12H,4-5,8-9H2,1-2H3,(H,18,19). The van der Waals surface area contributed by atoms with Crippen LogP contribution in [0.15, 0.2) is 18.2 Å². The maximum atomic E-state index is 13.8. The number of piperidine rings is 1. The third-order valence-electron chi connectivity index (χ3n) is 3.94. The minimum Gasteiger partial charge on any atom is -0.481 e. The van der Waals surface area contributed by atoms with Crippen LogP contribution in [-0.4, -0.2) is 28.6 Å². The summed E-state index contributed by atoms with van der Waals surface area (Å²) in [7, 11) is 0. The first-order chi connectivity index (χ1) is 8.97. The van der Waals surface area contributed by atoms with Gasteiger partial charge in [0.1, 0.15) is 5.82 Å². The molecular weight excluding hydrogens is 245 g/mol. The van der Waals surface area contributed by atoms with Crippen LogP contribution in [0.25, 0.3) is 0 Å². The van der Waals surface area contributed by atoms with E-state index in [0.717, 1.165) is 12.0 Å². The Labute approximate surface area is 113 Å². The fourth-order valence-corrected chi connectivity index (χ4v) is 2.64. The zero-order chi connectivity index (χ0) is 14.0. The van der Waals surface area contributed by atoms with Crippen molar-refractivity contribution in [2.24, 2.45) is 5.92 Å². The molecule has 1 saturated heterocycles. The van der Waals surface area contributed by atoms with Gasteiger partial charge in [-0.05, 0) is 32.8 Å². The number of rotatable bonds is 3. The second-order valence-corrected chi connectivity index (χ2v) is 5.49. The molecule has 19 heavy (non-hydrogen) atoms. The molecule has 3 nitrogen and oxygen atoms in total. The average molecular weight is 265 g/mol. The second-order valence-electron chi connectivity index (χ2n) is 5.49. The molecule has 2 unspecified atom stereocenters. The van der Waals surface area contributed by atoms with Crippen LogP contribution in [0, 0.1) is 18.7 Å². The van der Waals surface area contributed by atoms with Crippen LogP contribution in [0.1, 0.15) is 30.9 Å². The van der Waals surface area contributed by atoms with Crippen molar-refractivity contribution in [3.8, 4) is 0 Å². The lowest BCUT2D eigenvalue weighted by molar-refractivity contribution is -0.144. The zero-order valence-corrected chi connectivity index (χ0v) is 11.4. The van der Waals surface area contributed by atoms with Gasteiger partial charge in [0.25, 0.3) is 0 Å². The predicted molar refractivity (Wildman–Crippen MR) is 71.4 cm³/mol. The normalized spacial score (nSPS) is 24.4. The molecule has 2 atom stereocenters. The molecule has 1 aromatic rings. The van der Waals surface area contributed by atoms with Gasteiger partial charge in [-0.15, -0.1) is 0 Å². The molecule has 1 aliphatic heterocycles. The molecule has 1 heterocycles. The highest BCUT2D eigenvalue weighted by Gasteiger charge is 2.29. The molecule has 1 aliphatic rings. The summed E-state index contributed by atoms with van der Waals surface area (Å²) in [6.45, 7) is 5.00. The monoisotopic (exact) mass is 265 g/mol. The van der Waals surface area contributed by atoms with Gasteiger partial charge in [0.15, 0.2) is 0 Å². The van der Waals surface area contributed by atoms with Gasteiger partial charge in [0, 0.05) is 24.7 Å². The van der Waals surface area contributed by atoms with E-state index >= 15 is 0 Å². The van der Waals surface area contributed by atoms with Gasteiger partial charge < -0.3 is 5.11 Å². The van der Waals surface area contributed by atoms with Gasteiger partial charge in [-0.2, -0.15) is 0 Å². The van der Waals surface area contributed by atoms with Gasteiger partial charge in [0.2, 0.25) is 0 Å². The first-order valence-corrected chi connectivity index (χ1v) is 6.69. The lowest BCUT2D eigenvalue weighted by Gasteiger charge is -2.36. The van der Waals surface area contributed by atoms with E-state index in [0.29, 0.717) is 31.1 Å². The molecule has 1 fully saturated rings. The minimum absolute atomic E-state index is 0.213. The number of carbonyl (C=O) groups is 1. The maximum absolute atomic E-state index is 13.8. The van der Waals surface area contributed by atoms with Crippen LogP contribution in [0.5, 0.6) is 0 Å². The highest BCUT2D eigenvalue weighted by atomic mass is 19.1. The summed E-state index contributed by atoms with van der Waals surface area (Å²) in [5, 5.41) is 9.11. The summed E-state index contributed by atoms with van der Waals surface area (Å²) in [4.78, 5) is 13.1. The van der Waals surface area contributed by atoms with Gasteiger partial charge in [-0.25, -0.2) is 4.39 Å². The van der Waals surface area contributed by atoms with Gasteiger partial charge >= 0.3 is 5.97 Å². The second kappa shape index (κ2) is 5.70. The zero-order valence-electron chi connectivity index (χ0n) is 11.4. The van der Waals surface area contributed by atoms with Crippen LogP contribution < -0.4 is 0 Å². The fourth-order valence-electron chi connectivity index (χ4n) is 2.64. The van der Waals surface area contributed by atoms with E-state index in [2.05, 4.69) is 11.8 Å². The molecule has 1 aromatic carbocycles. The smallest absolute Gasteiger partial charge is 0.307 e. The van der Waals surface area contributed by atoms with Crippen LogP contribution in [0.3, 0.4) is 0 Å². The van der Waals surface area contributed by atoms with E-state index in [1.54, 1.807) is 6.07 Å². The van der Waals surface area contributed by atoms with Crippen molar-refractivity contribution in [3.63, 3.8) is 0 Å². The quantitative estimate of drug-likeness (QED) is 0.913. The number of carboxylic acids is 1. The maximum Gasteiger partial charge on any atom is 0.307 e. The number of likely N-dealkylation sites (tertiary alicyclic amines) is 1. The first kappa shape index (κ1) is 14.0. The third kappa shape index (κ3) is 3.32. The molecule has 0 saturated carbocycles. The Hall–Kier alpha value is -1.42. The van der Waals surface area contributed by atoms with Crippen molar-refractivity contribution in [1.29, 1.82) is 0 Å². The van der Waals surface area contributed by atoms with Crippen LogP contribution in [-0.2, 0) is 11.3 Å². The number of hydrogen-bond acceptors (Lipinski definition) is 2. The van der Waals surface area contributed by atoms with Crippen molar-refractivity contribution in [3.05, 3.63) is 35.1 Å². The predicted octanol–water partition coefficient (Wildman–Crippen LogP) is 2.82. The largest absolute Gasteiger partial charge is 0.481 e. The Kier molecular flexibility index (Phi) is 4.20. The van der Waals surface area contributed by atoms with E-state index in [1.807, 2.05) is 13.0 Å². The summed E-state index contributed by atoms with van der Waals surface area (Å²) < 4.78 is 13.8. The van der Waals surface area contributed by atoms with Gasteiger partial charge in [0.05, 0.1) is 5.92 Å². The molecule has 0 aromatic heterocycles. The third-order valence-corrected chi connectivity index (χ3v) is 3.94. The van der Waals surface area contributed by atoms with E-state index in [-0.39, 0.29) is 11.7 Å². The van der Waals surface area contributed by atoms with Gasteiger partial charge in [-0.1, -0.05) is 17.7 Å². The van der Waals surface area contributed by atoms with E-state index in [9.17, 15) is 9.18 Å². The fraction of sp³-hybridized carbons (Fsp3) is 0.533. The molecule has 104 valence electrons. The SMILES string of the molecule is Cc1ccc(F)c(CN2CC(C(=O)O)CCC2C)c1. The summed E-state index contributed by atoms with van der Waals surface area (Å²) in [6.07, 6.45) is 1.56. The molecular formula is C15H20FNO2. The summed E-state index contributed by atoms with van der Waals surface area (Å²) in [6, 6.07) is 5.37. The number of benzene rings is 1. The highest BCUT2D eigenvalue weighted by molar-refractivity contribution is 5.70. The van der Waals surface area contributed by atoms with E-state index in [1.165, 1.54) is 6.07 Å². The Morgan fingerprint density at radius 3 is 2.89 bits per heavy atom. The van der Waals surface area contributed by atoms with E-state index < -0.39 is 5.97 Å². The molecule has 1 N–H and O–H groups in total. The number of carboxylic acid groups (broad SMARTS) is 1. The Balaban J connectivity index is 2.12. The number of halogens is 1. The lowest BCUT2D eigenvalue weighted by atomic mass is 9.93. The number of hydrogen-bond donors (Lipinski definition) is 1.